The summed E-state index contributed by atoms with van der Waals surface area (Å²) in [5.41, 5.74) is 0.721. The first-order chi connectivity index (χ1) is 7.10. The Labute approximate surface area is 101 Å². The number of sulfone groups is 1. The van der Waals surface area contributed by atoms with Gasteiger partial charge in [0, 0.05) is 6.54 Å². The van der Waals surface area contributed by atoms with Crippen molar-refractivity contribution in [3.8, 4) is 0 Å². The zero-order valence-corrected chi connectivity index (χ0v) is 10.5. The van der Waals surface area contributed by atoms with E-state index in [1.165, 1.54) is 6.07 Å². The molecule has 1 aromatic rings. The molecule has 0 aliphatic carbocycles. The molecule has 1 unspecified atom stereocenters. The van der Waals surface area contributed by atoms with Crippen LogP contribution in [-0.4, -0.2) is 37.0 Å². The normalized spacial score (nSPS) is 20.4. The molecule has 1 aliphatic rings. The van der Waals surface area contributed by atoms with E-state index in [1.807, 2.05) is 0 Å². The molecule has 16 heavy (non-hydrogen) atoms. The Morgan fingerprint density at radius 2 is 2.12 bits per heavy atom. The molecule has 0 saturated carbocycles. The molecule has 1 atom stereocenters. The van der Waals surface area contributed by atoms with Crippen LogP contribution in [0.1, 0.15) is 12.1 Å². The Bertz CT molecular complexity index is 440. The largest absolute Gasteiger partial charge is 0.315 e. The maximum atomic E-state index is 12.0. The van der Waals surface area contributed by atoms with Crippen molar-refractivity contribution in [2.75, 3.05) is 13.1 Å². The van der Waals surface area contributed by atoms with E-state index in [9.17, 15) is 8.42 Å². The summed E-state index contributed by atoms with van der Waals surface area (Å²) in [6.07, 6.45) is 0.651. The second kappa shape index (κ2) is 5.07. The summed E-state index contributed by atoms with van der Waals surface area (Å²) in [5.74, 6) is 0. The molecule has 5 nitrogen and oxygen atoms in total. The number of aromatic nitrogens is 2. The van der Waals surface area contributed by atoms with E-state index in [2.05, 4.69) is 15.5 Å². The van der Waals surface area contributed by atoms with Crippen LogP contribution in [-0.2, 0) is 9.84 Å². The van der Waals surface area contributed by atoms with Crippen LogP contribution in [0.15, 0.2) is 17.2 Å². The average Bonchev–Trinajstić information content (AvgIpc) is 2.71. The van der Waals surface area contributed by atoms with Gasteiger partial charge in [-0.15, -0.1) is 17.5 Å². The smallest absolute Gasteiger partial charge is 0.201 e. The summed E-state index contributed by atoms with van der Waals surface area (Å²) in [6, 6.07) is 3.19. The molecule has 0 radical (unpaired) electrons. The fourth-order valence-corrected chi connectivity index (χ4v) is 3.12. The lowest BCUT2D eigenvalue weighted by molar-refractivity contribution is 0.576. The van der Waals surface area contributed by atoms with Gasteiger partial charge < -0.3 is 5.32 Å². The second-order valence-corrected chi connectivity index (χ2v) is 5.85. The summed E-state index contributed by atoms with van der Waals surface area (Å²) in [4.78, 5) is 0. The quantitative estimate of drug-likeness (QED) is 0.833. The minimum Gasteiger partial charge on any atom is -0.315 e. The van der Waals surface area contributed by atoms with Crippen molar-refractivity contribution in [2.45, 2.75) is 23.6 Å². The van der Waals surface area contributed by atoms with Gasteiger partial charge in [-0.25, -0.2) is 8.42 Å². The van der Waals surface area contributed by atoms with Crippen LogP contribution in [0.3, 0.4) is 0 Å². The van der Waals surface area contributed by atoms with Gasteiger partial charge in [0.15, 0.2) is 5.03 Å². The maximum absolute atomic E-state index is 12.0. The first-order valence-corrected chi connectivity index (χ1v) is 6.40. The highest BCUT2D eigenvalue weighted by atomic mass is 35.5. The SMILES string of the molecule is Cc1ccc(S(=O)(=O)C2CCNC2)nn1.Cl. The van der Waals surface area contributed by atoms with Gasteiger partial charge in [-0.2, -0.15) is 5.10 Å². The number of nitrogens with zero attached hydrogens (tertiary/aromatic N) is 2. The number of halogens is 1. The Balaban J connectivity index is 0.00000128. The average molecular weight is 264 g/mol. The Morgan fingerprint density at radius 1 is 1.38 bits per heavy atom. The number of hydrogen-bond donors (Lipinski definition) is 1. The second-order valence-electron chi connectivity index (χ2n) is 3.67. The standard InChI is InChI=1S/C9H13N3O2S.ClH/c1-7-2-3-9(12-11-7)15(13,14)8-4-5-10-6-8;/h2-3,8,10H,4-6H2,1H3;1H. The van der Waals surface area contributed by atoms with Crippen molar-refractivity contribution in [1.29, 1.82) is 0 Å². The molecule has 0 amide bonds. The fraction of sp³-hybridized carbons (Fsp3) is 0.556. The van der Waals surface area contributed by atoms with E-state index >= 15 is 0 Å². The molecular weight excluding hydrogens is 250 g/mol. The number of nitrogens with one attached hydrogen (secondary N) is 1. The van der Waals surface area contributed by atoms with E-state index in [1.54, 1.807) is 13.0 Å². The van der Waals surface area contributed by atoms with Crippen LogP contribution in [0.4, 0.5) is 0 Å². The highest BCUT2D eigenvalue weighted by molar-refractivity contribution is 7.92. The molecule has 0 bridgehead atoms. The zero-order chi connectivity index (χ0) is 10.9. The number of rotatable bonds is 2. The van der Waals surface area contributed by atoms with Gasteiger partial charge in [0.2, 0.25) is 9.84 Å². The Hall–Kier alpha value is -0.720. The summed E-state index contributed by atoms with van der Waals surface area (Å²) >= 11 is 0. The third kappa shape index (κ3) is 2.50. The lowest BCUT2D eigenvalue weighted by Crippen LogP contribution is -2.25. The molecule has 1 aliphatic heterocycles. The zero-order valence-electron chi connectivity index (χ0n) is 8.88. The molecule has 0 aromatic carbocycles. The van der Waals surface area contributed by atoms with Crippen molar-refractivity contribution in [1.82, 2.24) is 15.5 Å². The van der Waals surface area contributed by atoms with Crippen molar-refractivity contribution in [2.24, 2.45) is 0 Å². The fourth-order valence-electron chi connectivity index (χ4n) is 1.60. The van der Waals surface area contributed by atoms with Crippen LogP contribution >= 0.6 is 12.4 Å². The Morgan fingerprint density at radius 3 is 2.62 bits per heavy atom. The van der Waals surface area contributed by atoms with Gasteiger partial charge in [0.05, 0.1) is 10.9 Å². The van der Waals surface area contributed by atoms with Gasteiger partial charge in [-0.3, -0.25) is 0 Å². The van der Waals surface area contributed by atoms with Crippen LogP contribution in [0.5, 0.6) is 0 Å². The Kier molecular flexibility index (Phi) is 4.23. The predicted octanol–water partition coefficient (Wildman–Crippen LogP) is 0.342. The van der Waals surface area contributed by atoms with Crippen molar-refractivity contribution < 1.29 is 8.42 Å². The molecule has 2 rings (SSSR count). The van der Waals surface area contributed by atoms with Crippen molar-refractivity contribution in [3.63, 3.8) is 0 Å². The summed E-state index contributed by atoms with van der Waals surface area (Å²) < 4.78 is 24.0. The van der Waals surface area contributed by atoms with Gasteiger partial charge in [-0.1, -0.05) is 0 Å². The van der Waals surface area contributed by atoms with Crippen LogP contribution in [0.2, 0.25) is 0 Å². The van der Waals surface area contributed by atoms with Crippen LogP contribution < -0.4 is 5.32 Å². The summed E-state index contributed by atoms with van der Waals surface area (Å²) in [5, 5.41) is 10.3. The lowest BCUT2D eigenvalue weighted by Gasteiger charge is -2.08. The predicted molar refractivity (Wildman–Crippen MR) is 62.5 cm³/mol. The number of aryl methyl sites for hydroxylation is 1. The number of hydrogen-bond acceptors (Lipinski definition) is 5. The molecule has 0 spiro atoms. The molecule has 1 saturated heterocycles. The first kappa shape index (κ1) is 13.3. The minimum absolute atomic E-state index is 0. The minimum atomic E-state index is -3.29. The molecule has 90 valence electrons. The van der Waals surface area contributed by atoms with E-state index in [0.29, 0.717) is 13.0 Å². The molecule has 1 N–H and O–H groups in total. The summed E-state index contributed by atoms with van der Waals surface area (Å²) in [6.45, 7) is 3.04. The molecular formula is C9H14ClN3O2S. The van der Waals surface area contributed by atoms with E-state index in [-0.39, 0.29) is 22.7 Å². The van der Waals surface area contributed by atoms with Crippen molar-refractivity contribution >= 4 is 22.2 Å². The van der Waals surface area contributed by atoms with E-state index in [4.69, 9.17) is 0 Å². The molecule has 7 heteroatoms. The van der Waals surface area contributed by atoms with Gasteiger partial charge in [0.1, 0.15) is 0 Å². The third-order valence-electron chi connectivity index (χ3n) is 2.52. The van der Waals surface area contributed by atoms with Crippen LogP contribution in [0, 0.1) is 6.92 Å². The topological polar surface area (TPSA) is 72.0 Å². The maximum Gasteiger partial charge on any atom is 0.201 e. The third-order valence-corrected chi connectivity index (χ3v) is 4.60. The van der Waals surface area contributed by atoms with Gasteiger partial charge in [-0.05, 0) is 32.0 Å². The molecule has 2 heterocycles. The summed E-state index contributed by atoms with van der Waals surface area (Å²) in [7, 11) is -3.29. The first-order valence-electron chi connectivity index (χ1n) is 4.85. The van der Waals surface area contributed by atoms with Gasteiger partial charge >= 0.3 is 0 Å². The lowest BCUT2D eigenvalue weighted by atomic mass is 10.4. The van der Waals surface area contributed by atoms with Crippen LogP contribution in [0.25, 0.3) is 0 Å². The van der Waals surface area contributed by atoms with Gasteiger partial charge in [0.25, 0.3) is 0 Å². The highest BCUT2D eigenvalue weighted by Crippen LogP contribution is 2.17. The monoisotopic (exact) mass is 263 g/mol. The van der Waals surface area contributed by atoms with E-state index in [0.717, 1.165) is 12.2 Å². The molecule has 1 aromatic heterocycles. The highest BCUT2D eigenvalue weighted by Gasteiger charge is 2.31. The van der Waals surface area contributed by atoms with E-state index < -0.39 is 9.84 Å². The van der Waals surface area contributed by atoms with Crippen molar-refractivity contribution in [3.05, 3.63) is 17.8 Å². The molecule has 1 fully saturated rings.